The molecule has 1 unspecified atom stereocenters. The van der Waals surface area contributed by atoms with Gasteiger partial charge < -0.3 is 9.88 Å². The maximum Gasteiger partial charge on any atom is 0.238 e. The summed E-state index contributed by atoms with van der Waals surface area (Å²) in [5.74, 6) is 1.19. The van der Waals surface area contributed by atoms with E-state index in [-0.39, 0.29) is 10.8 Å². The molecule has 0 bridgehead atoms. The fourth-order valence-electron chi connectivity index (χ4n) is 3.13. The molecule has 2 aromatic carbocycles. The third kappa shape index (κ3) is 5.33. The molecule has 1 atom stereocenters. The molecule has 4 rings (SSSR count). The molecule has 8 nitrogen and oxygen atoms in total. The van der Waals surface area contributed by atoms with Gasteiger partial charge in [-0.25, -0.2) is 13.6 Å². The first-order chi connectivity index (χ1) is 14.8. The lowest BCUT2D eigenvalue weighted by molar-refractivity contribution is -0.115. The summed E-state index contributed by atoms with van der Waals surface area (Å²) in [5, 5.41) is 16.9. The van der Waals surface area contributed by atoms with Gasteiger partial charge in [-0.05, 0) is 49.6 Å². The van der Waals surface area contributed by atoms with Gasteiger partial charge in [-0.15, -0.1) is 10.2 Å². The Hall–Kier alpha value is -2.69. The number of primary sulfonamides is 1. The molecule has 1 aromatic heterocycles. The number of nitrogens with zero attached hydrogens (tertiary/aromatic N) is 3. The highest BCUT2D eigenvalue weighted by Gasteiger charge is 2.31. The van der Waals surface area contributed by atoms with Crippen LogP contribution in [-0.2, 0) is 21.4 Å². The van der Waals surface area contributed by atoms with Crippen LogP contribution in [0.25, 0.3) is 0 Å². The van der Waals surface area contributed by atoms with E-state index in [4.69, 9.17) is 5.14 Å². The molecular formula is C21H23N5O3S2. The monoisotopic (exact) mass is 457 g/mol. The van der Waals surface area contributed by atoms with Crippen molar-refractivity contribution in [1.82, 2.24) is 14.8 Å². The predicted molar refractivity (Wildman–Crippen MR) is 119 cm³/mol. The lowest BCUT2D eigenvalue weighted by Gasteiger charge is -2.14. The van der Waals surface area contributed by atoms with Crippen LogP contribution in [-0.4, -0.2) is 34.3 Å². The number of nitrogens with one attached hydrogen (secondary N) is 1. The quantitative estimate of drug-likeness (QED) is 0.502. The topological polar surface area (TPSA) is 120 Å². The van der Waals surface area contributed by atoms with Crippen molar-refractivity contribution in [3.8, 4) is 0 Å². The van der Waals surface area contributed by atoms with E-state index < -0.39 is 15.3 Å². The molecule has 1 saturated carbocycles. The molecule has 1 fully saturated rings. The summed E-state index contributed by atoms with van der Waals surface area (Å²) in [4.78, 5) is 12.7. The molecule has 1 aliphatic rings. The largest absolute Gasteiger partial charge is 0.325 e. The number of amides is 1. The molecular weight excluding hydrogens is 434 g/mol. The Morgan fingerprint density at radius 1 is 1.16 bits per heavy atom. The SMILES string of the molecule is CC(Sc1nnc(C2CC2)n1Cc1ccccc1)C(=O)Nc1ccc(S(N)(=O)=O)cc1. The second-order valence-corrected chi connectivity index (χ2v) is 10.4. The van der Waals surface area contributed by atoms with Gasteiger partial charge >= 0.3 is 0 Å². The summed E-state index contributed by atoms with van der Waals surface area (Å²) < 4.78 is 24.8. The average Bonchev–Trinajstić information content (AvgIpc) is 3.51. The molecule has 162 valence electrons. The molecule has 0 aliphatic heterocycles. The van der Waals surface area contributed by atoms with Crippen LogP contribution < -0.4 is 10.5 Å². The van der Waals surface area contributed by atoms with E-state index in [0.717, 1.165) is 24.2 Å². The predicted octanol–water partition coefficient (Wildman–Crippen LogP) is 2.97. The van der Waals surface area contributed by atoms with Crippen molar-refractivity contribution in [3.05, 3.63) is 66.0 Å². The zero-order valence-electron chi connectivity index (χ0n) is 16.9. The Morgan fingerprint density at radius 2 is 1.84 bits per heavy atom. The Balaban J connectivity index is 1.46. The number of thioether (sulfide) groups is 1. The summed E-state index contributed by atoms with van der Waals surface area (Å²) >= 11 is 1.35. The number of hydrogen-bond donors (Lipinski definition) is 2. The molecule has 1 amide bonds. The molecule has 0 spiro atoms. The number of carbonyl (C=O) groups excluding carboxylic acids is 1. The van der Waals surface area contributed by atoms with Crippen LogP contribution in [0.3, 0.4) is 0 Å². The van der Waals surface area contributed by atoms with Gasteiger partial charge in [-0.2, -0.15) is 0 Å². The molecule has 0 saturated heterocycles. The zero-order valence-corrected chi connectivity index (χ0v) is 18.6. The van der Waals surface area contributed by atoms with E-state index in [1.807, 2.05) is 18.2 Å². The molecule has 3 N–H and O–H groups in total. The van der Waals surface area contributed by atoms with Crippen molar-refractivity contribution in [2.45, 2.75) is 47.5 Å². The minimum Gasteiger partial charge on any atom is -0.325 e. The highest BCUT2D eigenvalue weighted by molar-refractivity contribution is 8.00. The first-order valence-corrected chi connectivity index (χ1v) is 12.3. The summed E-state index contributed by atoms with van der Waals surface area (Å²) in [5.41, 5.74) is 1.65. The number of aromatic nitrogens is 3. The summed E-state index contributed by atoms with van der Waals surface area (Å²) in [7, 11) is -3.77. The van der Waals surface area contributed by atoms with E-state index in [1.165, 1.54) is 36.0 Å². The van der Waals surface area contributed by atoms with E-state index in [9.17, 15) is 13.2 Å². The lowest BCUT2D eigenvalue weighted by atomic mass is 10.2. The fraction of sp³-hybridized carbons (Fsp3) is 0.286. The van der Waals surface area contributed by atoms with Crippen LogP contribution in [0.15, 0.2) is 64.6 Å². The van der Waals surface area contributed by atoms with Crippen molar-refractivity contribution in [1.29, 1.82) is 0 Å². The second kappa shape index (κ2) is 8.81. The number of sulfonamides is 1. The summed E-state index contributed by atoms with van der Waals surface area (Å²) in [6.45, 7) is 2.46. The lowest BCUT2D eigenvalue weighted by Crippen LogP contribution is -2.23. The Bertz CT molecular complexity index is 1170. The number of benzene rings is 2. The standard InChI is InChI=1S/C21H23N5O3S2/c1-14(20(27)23-17-9-11-18(12-10-17)31(22,28)29)30-21-25-24-19(16-7-8-16)26(21)13-15-5-3-2-4-6-15/h2-6,9-12,14,16H,7-8,13H2,1H3,(H,23,27)(H2,22,28,29). The molecule has 1 heterocycles. The van der Waals surface area contributed by atoms with Crippen LogP contribution in [0.1, 0.15) is 37.1 Å². The summed E-state index contributed by atoms with van der Waals surface area (Å²) in [6, 6.07) is 15.9. The molecule has 10 heteroatoms. The maximum atomic E-state index is 12.7. The van der Waals surface area contributed by atoms with Gasteiger partial charge in [0.1, 0.15) is 5.82 Å². The van der Waals surface area contributed by atoms with E-state index in [0.29, 0.717) is 23.3 Å². The average molecular weight is 458 g/mol. The molecule has 1 aliphatic carbocycles. The van der Waals surface area contributed by atoms with E-state index in [1.54, 1.807) is 6.92 Å². The van der Waals surface area contributed by atoms with E-state index in [2.05, 4.69) is 32.2 Å². The van der Waals surface area contributed by atoms with Gasteiger partial charge in [-0.1, -0.05) is 42.1 Å². The van der Waals surface area contributed by atoms with Crippen LogP contribution in [0, 0.1) is 0 Å². The number of nitrogens with two attached hydrogens (primary N) is 1. The first kappa shape index (κ1) is 21.5. The van der Waals surface area contributed by atoms with Crippen molar-refractivity contribution in [2.75, 3.05) is 5.32 Å². The van der Waals surface area contributed by atoms with Gasteiger partial charge in [0.2, 0.25) is 15.9 Å². The van der Waals surface area contributed by atoms with Crippen LogP contribution >= 0.6 is 11.8 Å². The second-order valence-electron chi connectivity index (χ2n) is 7.51. The normalized spacial score (nSPS) is 14.9. The van der Waals surface area contributed by atoms with Crippen molar-refractivity contribution in [2.24, 2.45) is 5.14 Å². The minimum absolute atomic E-state index is 0.00505. The highest BCUT2D eigenvalue weighted by atomic mass is 32.2. The number of anilines is 1. The number of hydrogen-bond acceptors (Lipinski definition) is 6. The smallest absolute Gasteiger partial charge is 0.238 e. The van der Waals surface area contributed by atoms with Crippen LogP contribution in [0.2, 0.25) is 0 Å². The van der Waals surface area contributed by atoms with Gasteiger partial charge in [0.25, 0.3) is 0 Å². The Labute approximate surface area is 185 Å². The highest BCUT2D eigenvalue weighted by Crippen LogP contribution is 2.40. The maximum absolute atomic E-state index is 12.7. The third-order valence-electron chi connectivity index (χ3n) is 4.97. The molecule has 3 aromatic rings. The van der Waals surface area contributed by atoms with Crippen LogP contribution in [0.4, 0.5) is 5.69 Å². The van der Waals surface area contributed by atoms with Crippen molar-refractivity contribution < 1.29 is 13.2 Å². The minimum atomic E-state index is -3.77. The van der Waals surface area contributed by atoms with Crippen molar-refractivity contribution >= 4 is 33.4 Å². The Kier molecular flexibility index (Phi) is 6.12. The van der Waals surface area contributed by atoms with Gasteiger partial charge in [0, 0.05) is 11.6 Å². The fourth-order valence-corrected chi connectivity index (χ4v) is 4.50. The van der Waals surface area contributed by atoms with Crippen molar-refractivity contribution in [3.63, 3.8) is 0 Å². The third-order valence-corrected chi connectivity index (χ3v) is 6.98. The summed E-state index contributed by atoms with van der Waals surface area (Å²) in [6.07, 6.45) is 2.23. The molecule has 0 radical (unpaired) electrons. The van der Waals surface area contributed by atoms with Gasteiger partial charge in [0.05, 0.1) is 16.7 Å². The van der Waals surface area contributed by atoms with Crippen LogP contribution in [0.5, 0.6) is 0 Å². The van der Waals surface area contributed by atoms with Gasteiger partial charge in [0.15, 0.2) is 5.16 Å². The molecule has 31 heavy (non-hydrogen) atoms. The van der Waals surface area contributed by atoms with Gasteiger partial charge in [-0.3, -0.25) is 4.79 Å². The van der Waals surface area contributed by atoms with E-state index >= 15 is 0 Å². The Morgan fingerprint density at radius 3 is 2.45 bits per heavy atom. The zero-order chi connectivity index (χ0) is 22.0. The number of rotatable bonds is 8. The first-order valence-electron chi connectivity index (χ1n) is 9.88. The number of carbonyl (C=O) groups is 1.